The number of carboxylic acid groups (broad SMARTS) is 1. The molecule has 1 saturated carbocycles. The second-order valence-electron chi connectivity index (χ2n) is 5.81. The molecule has 1 unspecified atom stereocenters. The van der Waals surface area contributed by atoms with E-state index in [0.717, 1.165) is 12.0 Å². The summed E-state index contributed by atoms with van der Waals surface area (Å²) >= 11 is 0. The minimum absolute atomic E-state index is 0.143. The molecule has 0 radical (unpaired) electrons. The monoisotopic (exact) mass is 290 g/mol. The average Bonchev–Trinajstić information content (AvgIpc) is 2.92. The van der Waals surface area contributed by atoms with Crippen LogP contribution in [0, 0.1) is 17.8 Å². The summed E-state index contributed by atoms with van der Waals surface area (Å²) in [5.41, 5.74) is 0.968. The molecule has 21 heavy (non-hydrogen) atoms. The Balaban J connectivity index is 2.03. The molecular weight excluding hydrogens is 268 g/mol. The predicted octanol–water partition coefficient (Wildman–Crippen LogP) is 2.40. The van der Waals surface area contributed by atoms with Crippen molar-refractivity contribution in [2.45, 2.75) is 39.2 Å². The molecule has 2 rings (SSSR count). The molecular formula is C16H22N2O3. The number of carboxylic acids is 1. The zero-order valence-electron chi connectivity index (χ0n) is 12.5. The summed E-state index contributed by atoms with van der Waals surface area (Å²) in [5, 5.41) is 12.2. The highest BCUT2D eigenvalue weighted by Crippen LogP contribution is 2.38. The first kappa shape index (κ1) is 15.5. The topological polar surface area (TPSA) is 79.3 Å². The van der Waals surface area contributed by atoms with Gasteiger partial charge in [-0.2, -0.15) is 0 Å². The van der Waals surface area contributed by atoms with Gasteiger partial charge in [-0.05, 0) is 43.4 Å². The van der Waals surface area contributed by atoms with Crippen LogP contribution in [0.4, 0.5) is 0 Å². The summed E-state index contributed by atoms with van der Waals surface area (Å²) in [6, 6.07) is 3.56. The van der Waals surface area contributed by atoms with Crippen LogP contribution < -0.4 is 5.32 Å². The minimum Gasteiger partial charge on any atom is -0.481 e. The van der Waals surface area contributed by atoms with E-state index >= 15 is 0 Å². The van der Waals surface area contributed by atoms with E-state index in [-0.39, 0.29) is 11.9 Å². The molecule has 1 fully saturated rings. The molecule has 1 heterocycles. The van der Waals surface area contributed by atoms with Crippen molar-refractivity contribution in [3.05, 3.63) is 30.1 Å². The summed E-state index contributed by atoms with van der Waals surface area (Å²) in [5.74, 6) is -1.65. The number of aromatic nitrogens is 1. The molecule has 1 amide bonds. The van der Waals surface area contributed by atoms with E-state index < -0.39 is 17.8 Å². The smallest absolute Gasteiger partial charge is 0.307 e. The lowest BCUT2D eigenvalue weighted by Gasteiger charge is -2.20. The minimum atomic E-state index is -0.859. The number of amides is 1. The van der Waals surface area contributed by atoms with Crippen LogP contribution in [0.1, 0.15) is 44.7 Å². The first-order chi connectivity index (χ1) is 10.0. The fraction of sp³-hybridized carbons (Fsp3) is 0.562. The summed E-state index contributed by atoms with van der Waals surface area (Å²) in [6.45, 7) is 3.94. The molecule has 0 bridgehead atoms. The van der Waals surface area contributed by atoms with Crippen molar-refractivity contribution < 1.29 is 14.7 Å². The van der Waals surface area contributed by atoms with Gasteiger partial charge in [0.15, 0.2) is 0 Å². The molecule has 1 aliphatic carbocycles. The molecule has 2 N–H and O–H groups in total. The standard InChI is InChI=1S/C16H22N2O3/c1-3-11-8-13(14(9-11)16(20)21)15(19)18-10(2)12-4-6-17-7-5-12/h4-7,10-11,13-14H,3,8-9H2,1-2H3,(H,18,19)(H,20,21)/t10-,11?,13+,14-/m1/s1. The van der Waals surface area contributed by atoms with Crippen molar-refractivity contribution in [3.63, 3.8) is 0 Å². The van der Waals surface area contributed by atoms with E-state index in [1.165, 1.54) is 0 Å². The Labute approximate surface area is 124 Å². The van der Waals surface area contributed by atoms with Gasteiger partial charge in [0.05, 0.1) is 17.9 Å². The number of carbonyl (C=O) groups excluding carboxylic acids is 1. The summed E-state index contributed by atoms with van der Waals surface area (Å²) in [6.07, 6.45) is 5.56. The Hall–Kier alpha value is -1.91. The van der Waals surface area contributed by atoms with Crippen molar-refractivity contribution in [3.8, 4) is 0 Å². The zero-order valence-corrected chi connectivity index (χ0v) is 12.5. The number of aliphatic carboxylic acids is 1. The number of pyridine rings is 1. The fourth-order valence-corrected chi connectivity index (χ4v) is 3.09. The Morgan fingerprint density at radius 1 is 1.33 bits per heavy atom. The molecule has 114 valence electrons. The number of hydrogen-bond acceptors (Lipinski definition) is 3. The highest BCUT2D eigenvalue weighted by Gasteiger charge is 2.42. The SMILES string of the molecule is CCC1C[C@H](C(=O)N[C@H](C)c2ccncc2)[C@H](C(=O)O)C1. The molecule has 4 atom stereocenters. The van der Waals surface area contributed by atoms with Crippen LogP contribution in [0.15, 0.2) is 24.5 Å². The highest BCUT2D eigenvalue weighted by atomic mass is 16.4. The Morgan fingerprint density at radius 2 is 1.95 bits per heavy atom. The fourth-order valence-electron chi connectivity index (χ4n) is 3.09. The maximum absolute atomic E-state index is 12.4. The van der Waals surface area contributed by atoms with Crippen molar-refractivity contribution in [2.24, 2.45) is 17.8 Å². The second kappa shape index (κ2) is 6.70. The van der Waals surface area contributed by atoms with Gasteiger partial charge in [-0.3, -0.25) is 14.6 Å². The predicted molar refractivity (Wildman–Crippen MR) is 78.4 cm³/mol. The van der Waals surface area contributed by atoms with Crippen LogP contribution in [0.25, 0.3) is 0 Å². The van der Waals surface area contributed by atoms with Crippen LogP contribution >= 0.6 is 0 Å². The van der Waals surface area contributed by atoms with Crippen LogP contribution in [-0.2, 0) is 9.59 Å². The van der Waals surface area contributed by atoms with Crippen molar-refractivity contribution >= 4 is 11.9 Å². The Kier molecular flexibility index (Phi) is 4.94. The highest BCUT2D eigenvalue weighted by molar-refractivity contribution is 5.85. The van der Waals surface area contributed by atoms with Crippen LogP contribution in [0.5, 0.6) is 0 Å². The van der Waals surface area contributed by atoms with Crippen LogP contribution in [0.2, 0.25) is 0 Å². The van der Waals surface area contributed by atoms with Gasteiger partial charge in [0.25, 0.3) is 0 Å². The van der Waals surface area contributed by atoms with E-state index in [1.54, 1.807) is 12.4 Å². The maximum atomic E-state index is 12.4. The van der Waals surface area contributed by atoms with E-state index in [2.05, 4.69) is 10.3 Å². The Morgan fingerprint density at radius 3 is 2.52 bits per heavy atom. The normalized spacial score (nSPS) is 26.3. The zero-order chi connectivity index (χ0) is 15.4. The Bertz CT molecular complexity index is 504. The molecule has 0 saturated heterocycles. The first-order valence-electron chi connectivity index (χ1n) is 7.46. The lowest BCUT2D eigenvalue weighted by Crippen LogP contribution is -2.36. The summed E-state index contributed by atoms with van der Waals surface area (Å²) in [4.78, 5) is 27.7. The van der Waals surface area contributed by atoms with E-state index in [1.807, 2.05) is 26.0 Å². The van der Waals surface area contributed by atoms with Gasteiger partial charge in [-0.1, -0.05) is 13.3 Å². The third kappa shape index (κ3) is 3.60. The molecule has 1 aromatic heterocycles. The second-order valence-corrected chi connectivity index (χ2v) is 5.81. The molecule has 1 aromatic rings. The first-order valence-corrected chi connectivity index (χ1v) is 7.46. The number of carbonyl (C=O) groups is 2. The quantitative estimate of drug-likeness (QED) is 0.872. The van der Waals surface area contributed by atoms with Crippen molar-refractivity contribution in [2.75, 3.05) is 0 Å². The van der Waals surface area contributed by atoms with Gasteiger partial charge in [0.1, 0.15) is 0 Å². The van der Waals surface area contributed by atoms with Gasteiger partial charge in [-0.15, -0.1) is 0 Å². The molecule has 0 aromatic carbocycles. The summed E-state index contributed by atoms with van der Waals surface area (Å²) in [7, 11) is 0. The van der Waals surface area contributed by atoms with Gasteiger partial charge < -0.3 is 10.4 Å². The molecule has 1 aliphatic rings. The molecule has 0 spiro atoms. The average molecular weight is 290 g/mol. The largest absolute Gasteiger partial charge is 0.481 e. The van der Waals surface area contributed by atoms with Crippen molar-refractivity contribution in [1.29, 1.82) is 0 Å². The number of rotatable bonds is 5. The van der Waals surface area contributed by atoms with E-state index in [9.17, 15) is 14.7 Å². The van der Waals surface area contributed by atoms with Gasteiger partial charge in [0, 0.05) is 12.4 Å². The van der Waals surface area contributed by atoms with Gasteiger partial charge >= 0.3 is 5.97 Å². The van der Waals surface area contributed by atoms with Gasteiger partial charge in [0.2, 0.25) is 5.91 Å². The summed E-state index contributed by atoms with van der Waals surface area (Å²) < 4.78 is 0. The molecule has 5 heteroatoms. The lowest BCUT2D eigenvalue weighted by atomic mass is 9.95. The van der Waals surface area contributed by atoms with Crippen molar-refractivity contribution in [1.82, 2.24) is 10.3 Å². The van der Waals surface area contributed by atoms with E-state index in [4.69, 9.17) is 0 Å². The number of hydrogen-bond donors (Lipinski definition) is 2. The van der Waals surface area contributed by atoms with Crippen LogP contribution in [0.3, 0.4) is 0 Å². The number of nitrogens with zero attached hydrogens (tertiary/aromatic N) is 1. The molecule has 5 nitrogen and oxygen atoms in total. The third-order valence-corrected chi connectivity index (χ3v) is 4.46. The van der Waals surface area contributed by atoms with E-state index in [0.29, 0.717) is 18.8 Å². The third-order valence-electron chi connectivity index (χ3n) is 4.46. The number of nitrogens with one attached hydrogen (secondary N) is 1. The maximum Gasteiger partial charge on any atom is 0.307 e. The van der Waals surface area contributed by atoms with Crippen LogP contribution in [-0.4, -0.2) is 22.0 Å². The lowest BCUT2D eigenvalue weighted by molar-refractivity contribution is -0.146. The molecule has 0 aliphatic heterocycles. The van der Waals surface area contributed by atoms with Gasteiger partial charge in [-0.25, -0.2) is 0 Å².